The zero-order chi connectivity index (χ0) is 22.2. The third kappa shape index (κ3) is 3.38. The molecule has 1 atom stereocenters. The Morgan fingerprint density at radius 2 is 1.75 bits per heavy atom. The first-order valence-electron chi connectivity index (χ1n) is 10.6. The monoisotopic (exact) mass is 428 g/mol. The molecule has 1 amide bonds. The van der Waals surface area contributed by atoms with Gasteiger partial charge >= 0.3 is 0 Å². The van der Waals surface area contributed by atoms with Crippen molar-refractivity contribution in [3.05, 3.63) is 65.9 Å². The summed E-state index contributed by atoms with van der Waals surface area (Å²) in [4.78, 5) is 19.7. The minimum atomic E-state index is -0.127. The quantitative estimate of drug-likeness (QED) is 0.559. The summed E-state index contributed by atoms with van der Waals surface area (Å²) in [6.45, 7) is 2.62. The zero-order valence-corrected chi connectivity index (χ0v) is 18.3. The van der Waals surface area contributed by atoms with Crippen molar-refractivity contribution in [3.8, 4) is 17.2 Å². The summed E-state index contributed by atoms with van der Waals surface area (Å²) in [7, 11) is 3.13. The second-order valence-corrected chi connectivity index (χ2v) is 7.80. The number of rotatable bonds is 5. The SMILES string of the molecule is CCOc1ccc2cc(C3=CN4C(=O)c5cc(OC)c(OC)cc5N=C[C@@H]4C3)ccc2c1. The molecule has 32 heavy (non-hydrogen) atoms. The lowest BCUT2D eigenvalue weighted by atomic mass is 9.99. The molecular formula is C26H24N2O4. The zero-order valence-electron chi connectivity index (χ0n) is 18.3. The molecule has 0 N–H and O–H groups in total. The van der Waals surface area contributed by atoms with E-state index in [1.807, 2.05) is 31.5 Å². The van der Waals surface area contributed by atoms with Gasteiger partial charge < -0.3 is 19.1 Å². The molecule has 0 bridgehead atoms. The van der Waals surface area contributed by atoms with E-state index in [9.17, 15) is 4.79 Å². The second kappa shape index (κ2) is 8.04. The summed E-state index contributed by atoms with van der Waals surface area (Å²) in [5, 5.41) is 2.26. The molecule has 0 radical (unpaired) electrons. The van der Waals surface area contributed by atoms with Crippen molar-refractivity contribution in [1.29, 1.82) is 0 Å². The number of carbonyl (C=O) groups is 1. The molecule has 2 aliphatic heterocycles. The maximum Gasteiger partial charge on any atom is 0.260 e. The maximum absolute atomic E-state index is 13.4. The highest BCUT2D eigenvalue weighted by molar-refractivity contribution is 6.05. The van der Waals surface area contributed by atoms with E-state index in [1.54, 1.807) is 31.3 Å². The highest BCUT2D eigenvalue weighted by Crippen LogP contribution is 2.39. The molecule has 0 fully saturated rings. The van der Waals surface area contributed by atoms with Crippen molar-refractivity contribution >= 4 is 34.2 Å². The van der Waals surface area contributed by atoms with E-state index >= 15 is 0 Å². The smallest absolute Gasteiger partial charge is 0.260 e. The van der Waals surface area contributed by atoms with Crippen molar-refractivity contribution in [1.82, 2.24) is 4.90 Å². The third-order valence-electron chi connectivity index (χ3n) is 5.93. The maximum atomic E-state index is 13.4. The van der Waals surface area contributed by atoms with Gasteiger partial charge in [-0.1, -0.05) is 18.2 Å². The van der Waals surface area contributed by atoms with Crippen LogP contribution in [-0.4, -0.2) is 43.9 Å². The highest BCUT2D eigenvalue weighted by atomic mass is 16.5. The van der Waals surface area contributed by atoms with Gasteiger partial charge in [0.05, 0.1) is 38.1 Å². The number of ether oxygens (including phenoxy) is 3. The molecule has 3 aromatic carbocycles. The molecule has 2 heterocycles. The summed E-state index contributed by atoms with van der Waals surface area (Å²) in [5.74, 6) is 1.84. The number of hydrogen-bond donors (Lipinski definition) is 0. The molecule has 2 aliphatic rings. The fourth-order valence-electron chi connectivity index (χ4n) is 4.30. The second-order valence-electron chi connectivity index (χ2n) is 7.80. The van der Waals surface area contributed by atoms with Crippen molar-refractivity contribution in [2.45, 2.75) is 19.4 Å². The lowest BCUT2D eigenvalue weighted by molar-refractivity contribution is 0.0817. The summed E-state index contributed by atoms with van der Waals surface area (Å²) in [6.07, 6.45) is 4.50. The Hall–Kier alpha value is -3.80. The molecule has 6 nitrogen and oxygen atoms in total. The van der Waals surface area contributed by atoms with Crippen molar-refractivity contribution in [2.24, 2.45) is 4.99 Å². The standard InChI is InChI=1S/C26H24N2O4/c1-4-32-21-8-7-16-9-17(5-6-18(16)11-21)19-10-20-14-27-23-13-25(31-3)24(30-2)12-22(23)26(29)28(20)15-19/h5-9,11-15,20H,4,10H2,1-3H3/t20-/m0/s1. The first-order valence-corrected chi connectivity index (χ1v) is 10.6. The third-order valence-corrected chi connectivity index (χ3v) is 5.93. The van der Waals surface area contributed by atoms with E-state index in [4.69, 9.17) is 14.2 Å². The number of carbonyl (C=O) groups excluding carboxylic acids is 1. The molecule has 5 rings (SSSR count). The Morgan fingerprint density at radius 3 is 2.53 bits per heavy atom. The van der Waals surface area contributed by atoms with Gasteiger partial charge in [-0.3, -0.25) is 9.79 Å². The molecule has 6 heteroatoms. The van der Waals surface area contributed by atoms with Crippen LogP contribution in [0.3, 0.4) is 0 Å². The molecule has 0 saturated heterocycles. The molecule has 0 aliphatic carbocycles. The first kappa shape index (κ1) is 20.1. The van der Waals surface area contributed by atoms with E-state index < -0.39 is 0 Å². The van der Waals surface area contributed by atoms with Crippen molar-refractivity contribution in [2.75, 3.05) is 20.8 Å². The normalized spacial score (nSPS) is 17.0. The van der Waals surface area contributed by atoms with E-state index in [-0.39, 0.29) is 11.9 Å². The van der Waals surface area contributed by atoms with Gasteiger partial charge in [0.2, 0.25) is 0 Å². The highest BCUT2D eigenvalue weighted by Gasteiger charge is 2.33. The number of benzene rings is 3. The van der Waals surface area contributed by atoms with Crippen LogP contribution in [0.1, 0.15) is 29.3 Å². The number of fused-ring (bicyclic) bond motifs is 3. The number of amides is 1. The average Bonchev–Trinajstić information content (AvgIpc) is 3.21. The number of methoxy groups -OCH3 is 2. The predicted molar refractivity (Wildman–Crippen MR) is 125 cm³/mol. The predicted octanol–water partition coefficient (Wildman–Crippen LogP) is 5.23. The van der Waals surface area contributed by atoms with Crippen LogP contribution in [0.4, 0.5) is 5.69 Å². The molecule has 3 aromatic rings. The van der Waals surface area contributed by atoms with Gasteiger partial charge in [-0.25, -0.2) is 0 Å². The molecule has 162 valence electrons. The molecule has 0 saturated carbocycles. The van der Waals surface area contributed by atoms with Gasteiger partial charge in [-0.15, -0.1) is 0 Å². The van der Waals surface area contributed by atoms with Gasteiger partial charge in [0.15, 0.2) is 11.5 Å². The molecule has 0 spiro atoms. The van der Waals surface area contributed by atoms with E-state index in [0.717, 1.165) is 27.7 Å². The number of nitrogens with zero attached hydrogens (tertiary/aromatic N) is 2. The Kier molecular flexibility index (Phi) is 5.05. The van der Waals surface area contributed by atoms with Crippen LogP contribution >= 0.6 is 0 Å². The van der Waals surface area contributed by atoms with Gasteiger partial charge in [-0.2, -0.15) is 0 Å². The van der Waals surface area contributed by atoms with Crippen LogP contribution in [0.25, 0.3) is 16.3 Å². The average molecular weight is 428 g/mol. The Morgan fingerprint density at radius 1 is 1.00 bits per heavy atom. The lowest BCUT2D eigenvalue weighted by Gasteiger charge is -2.18. The van der Waals surface area contributed by atoms with Gasteiger partial charge in [0.1, 0.15) is 5.75 Å². The first-order chi connectivity index (χ1) is 15.6. The van der Waals surface area contributed by atoms with Crippen LogP contribution in [0.5, 0.6) is 17.2 Å². The van der Waals surface area contributed by atoms with Gasteiger partial charge in [0.25, 0.3) is 5.91 Å². The summed E-state index contributed by atoms with van der Waals surface area (Å²) >= 11 is 0. The van der Waals surface area contributed by atoms with Crippen LogP contribution in [0.2, 0.25) is 0 Å². The van der Waals surface area contributed by atoms with E-state index in [0.29, 0.717) is 35.8 Å². The lowest BCUT2D eigenvalue weighted by Crippen LogP contribution is -2.32. The molecular weight excluding hydrogens is 404 g/mol. The van der Waals surface area contributed by atoms with Crippen LogP contribution in [-0.2, 0) is 0 Å². The van der Waals surface area contributed by atoms with Crippen molar-refractivity contribution in [3.63, 3.8) is 0 Å². The fourth-order valence-corrected chi connectivity index (χ4v) is 4.30. The Balaban J connectivity index is 1.48. The number of hydrogen-bond acceptors (Lipinski definition) is 5. The van der Waals surface area contributed by atoms with E-state index in [1.165, 1.54) is 0 Å². The fraction of sp³-hybridized carbons (Fsp3) is 0.231. The molecule has 0 unspecified atom stereocenters. The summed E-state index contributed by atoms with van der Waals surface area (Å²) < 4.78 is 16.4. The summed E-state index contributed by atoms with van der Waals surface area (Å²) in [6, 6.07) is 15.8. The Bertz CT molecular complexity index is 1280. The van der Waals surface area contributed by atoms with Crippen LogP contribution in [0, 0.1) is 0 Å². The van der Waals surface area contributed by atoms with Crippen LogP contribution in [0.15, 0.2) is 59.7 Å². The van der Waals surface area contributed by atoms with Gasteiger partial charge in [0, 0.05) is 24.9 Å². The minimum absolute atomic E-state index is 0.0967. The topological polar surface area (TPSA) is 60.4 Å². The van der Waals surface area contributed by atoms with E-state index in [2.05, 4.69) is 29.3 Å². The van der Waals surface area contributed by atoms with Gasteiger partial charge in [-0.05, 0) is 53.1 Å². The number of aliphatic imine (C=N–C) groups is 1. The van der Waals surface area contributed by atoms with Crippen LogP contribution < -0.4 is 14.2 Å². The largest absolute Gasteiger partial charge is 0.494 e. The van der Waals surface area contributed by atoms with Crippen molar-refractivity contribution < 1.29 is 19.0 Å². The molecule has 0 aromatic heterocycles. The minimum Gasteiger partial charge on any atom is -0.494 e. The summed E-state index contributed by atoms with van der Waals surface area (Å²) in [5.41, 5.74) is 3.30. The Labute approximate surface area is 186 Å².